The lowest BCUT2D eigenvalue weighted by Gasteiger charge is -2.13. The number of rotatable bonds is 4. The Kier molecular flexibility index (Phi) is 3.54. The Hall–Kier alpha value is -2.28. The first-order valence-electron chi connectivity index (χ1n) is 4.51. The van der Waals surface area contributed by atoms with E-state index in [4.69, 9.17) is 20.7 Å². The molecule has 17 heavy (non-hydrogen) atoms. The fraction of sp³-hybridized carbons (Fsp3) is 0.200. The molecule has 1 rings (SSSR count). The van der Waals surface area contributed by atoms with Crippen molar-refractivity contribution in [3.05, 3.63) is 23.3 Å². The molecule has 92 valence electrons. The summed E-state index contributed by atoms with van der Waals surface area (Å²) in [4.78, 5) is 21.5. The number of nitrogens with two attached hydrogens (primary N) is 1. The summed E-state index contributed by atoms with van der Waals surface area (Å²) in [6.07, 6.45) is 0. The molecule has 5 N–H and O–H groups in total. The molecule has 1 atom stereocenters. The van der Waals surface area contributed by atoms with E-state index in [1.54, 1.807) is 0 Å². The maximum Gasteiger partial charge on any atom is 0.335 e. The van der Waals surface area contributed by atoms with E-state index in [2.05, 4.69) is 0 Å². The number of hydrogen-bond donors (Lipinski definition) is 4. The first kappa shape index (κ1) is 12.8. The van der Waals surface area contributed by atoms with Crippen molar-refractivity contribution in [1.29, 1.82) is 0 Å². The van der Waals surface area contributed by atoms with E-state index in [-0.39, 0.29) is 16.9 Å². The molecule has 0 amide bonds. The zero-order chi connectivity index (χ0) is 13.2. The number of aromatic hydroxyl groups is 1. The van der Waals surface area contributed by atoms with Crippen LogP contribution in [0.2, 0.25) is 0 Å². The average Bonchev–Trinajstić information content (AvgIpc) is 2.27. The highest BCUT2D eigenvalue weighted by Gasteiger charge is 2.23. The van der Waals surface area contributed by atoms with Gasteiger partial charge in [-0.15, -0.1) is 0 Å². The summed E-state index contributed by atoms with van der Waals surface area (Å²) in [6.45, 7) is 0. The average molecular weight is 241 g/mol. The minimum Gasteiger partial charge on any atom is -0.504 e. The molecule has 1 unspecified atom stereocenters. The first-order chi connectivity index (χ1) is 7.88. The van der Waals surface area contributed by atoms with Crippen LogP contribution in [0.25, 0.3) is 0 Å². The minimum absolute atomic E-state index is 0.142. The normalized spacial score (nSPS) is 11.9. The smallest absolute Gasteiger partial charge is 0.335 e. The molecule has 0 fully saturated rings. The van der Waals surface area contributed by atoms with Crippen LogP contribution < -0.4 is 10.5 Å². The molecule has 0 saturated carbocycles. The van der Waals surface area contributed by atoms with Crippen molar-refractivity contribution in [2.75, 3.05) is 7.11 Å². The van der Waals surface area contributed by atoms with Crippen molar-refractivity contribution in [1.82, 2.24) is 0 Å². The fourth-order valence-corrected chi connectivity index (χ4v) is 1.28. The predicted octanol–water partition coefficient (Wildman–Crippen LogP) is 0.183. The van der Waals surface area contributed by atoms with Crippen LogP contribution in [0.3, 0.4) is 0 Å². The topological polar surface area (TPSA) is 130 Å². The number of carboxylic acids is 2. The van der Waals surface area contributed by atoms with Gasteiger partial charge in [0.15, 0.2) is 11.5 Å². The third-order valence-corrected chi connectivity index (χ3v) is 2.17. The van der Waals surface area contributed by atoms with Gasteiger partial charge in [0.25, 0.3) is 0 Å². The summed E-state index contributed by atoms with van der Waals surface area (Å²) in [5, 5.41) is 27.2. The van der Waals surface area contributed by atoms with Crippen molar-refractivity contribution in [3.8, 4) is 11.5 Å². The number of phenols is 1. The molecule has 0 heterocycles. The van der Waals surface area contributed by atoms with Gasteiger partial charge in [0.1, 0.15) is 6.04 Å². The SMILES string of the molecule is COc1cc(C(=O)O)cc(C(N)C(=O)O)c1O. The molecule has 7 heteroatoms. The molecule has 7 nitrogen and oxygen atoms in total. The van der Waals surface area contributed by atoms with Crippen LogP contribution in [0.1, 0.15) is 22.0 Å². The molecule has 0 aliphatic heterocycles. The number of hydrogen-bond acceptors (Lipinski definition) is 5. The number of carboxylic acid groups (broad SMARTS) is 2. The number of phenolic OH excluding ortho intramolecular Hbond substituents is 1. The highest BCUT2D eigenvalue weighted by Crippen LogP contribution is 2.34. The molecule has 0 aliphatic carbocycles. The van der Waals surface area contributed by atoms with Crippen LogP contribution in [-0.4, -0.2) is 34.4 Å². The number of methoxy groups -OCH3 is 1. The van der Waals surface area contributed by atoms with Crippen LogP contribution in [-0.2, 0) is 4.79 Å². The van der Waals surface area contributed by atoms with Gasteiger partial charge in [-0.3, -0.25) is 4.79 Å². The van der Waals surface area contributed by atoms with Crippen molar-refractivity contribution in [2.24, 2.45) is 5.73 Å². The number of aromatic carboxylic acids is 1. The van der Waals surface area contributed by atoms with E-state index in [1.807, 2.05) is 0 Å². The Morgan fingerprint density at radius 1 is 1.35 bits per heavy atom. The second-order valence-electron chi connectivity index (χ2n) is 3.24. The monoisotopic (exact) mass is 241 g/mol. The van der Waals surface area contributed by atoms with Gasteiger partial charge in [0, 0.05) is 5.56 Å². The quantitative estimate of drug-likeness (QED) is 0.591. The predicted molar refractivity (Wildman–Crippen MR) is 56.2 cm³/mol. The van der Waals surface area contributed by atoms with Crippen LogP contribution in [0.5, 0.6) is 11.5 Å². The second kappa shape index (κ2) is 4.71. The molecule has 0 spiro atoms. The lowest BCUT2D eigenvalue weighted by atomic mass is 10.0. The maximum atomic E-state index is 10.8. The third-order valence-electron chi connectivity index (χ3n) is 2.17. The Bertz CT molecular complexity index is 470. The van der Waals surface area contributed by atoms with Gasteiger partial charge in [-0.1, -0.05) is 0 Å². The lowest BCUT2D eigenvalue weighted by molar-refractivity contribution is -0.138. The summed E-state index contributed by atoms with van der Waals surface area (Å²) in [6, 6.07) is 0.553. The van der Waals surface area contributed by atoms with Crippen LogP contribution in [0, 0.1) is 0 Å². The van der Waals surface area contributed by atoms with Crippen molar-refractivity contribution in [2.45, 2.75) is 6.04 Å². The Labute approximate surface area is 96.1 Å². The third kappa shape index (κ3) is 2.45. The van der Waals surface area contributed by atoms with Crippen molar-refractivity contribution < 1.29 is 29.6 Å². The molecular weight excluding hydrogens is 230 g/mol. The highest BCUT2D eigenvalue weighted by molar-refractivity contribution is 5.90. The van der Waals surface area contributed by atoms with Gasteiger partial charge in [-0.05, 0) is 12.1 Å². The molecular formula is C10H11NO6. The number of aliphatic carboxylic acids is 1. The van der Waals surface area contributed by atoms with E-state index in [0.29, 0.717) is 0 Å². The van der Waals surface area contributed by atoms with Crippen molar-refractivity contribution in [3.63, 3.8) is 0 Å². The largest absolute Gasteiger partial charge is 0.504 e. The Balaban J connectivity index is 3.42. The fourth-order valence-electron chi connectivity index (χ4n) is 1.28. The molecule has 0 radical (unpaired) electrons. The summed E-state index contributed by atoms with van der Waals surface area (Å²) >= 11 is 0. The van der Waals surface area contributed by atoms with E-state index in [1.165, 1.54) is 7.11 Å². The molecule has 0 saturated heterocycles. The van der Waals surface area contributed by atoms with Gasteiger partial charge in [-0.2, -0.15) is 0 Å². The van der Waals surface area contributed by atoms with Crippen LogP contribution >= 0.6 is 0 Å². The maximum absolute atomic E-state index is 10.8. The zero-order valence-corrected chi connectivity index (χ0v) is 8.88. The summed E-state index contributed by atoms with van der Waals surface area (Å²) < 4.78 is 4.74. The minimum atomic E-state index is -1.52. The molecule has 1 aromatic rings. The van der Waals surface area contributed by atoms with Gasteiger partial charge in [0.2, 0.25) is 0 Å². The molecule has 0 bridgehead atoms. The number of ether oxygens (including phenoxy) is 1. The number of benzene rings is 1. The Morgan fingerprint density at radius 3 is 2.35 bits per heavy atom. The summed E-state index contributed by atoms with van der Waals surface area (Å²) in [5.74, 6) is -3.28. The van der Waals surface area contributed by atoms with Gasteiger partial charge >= 0.3 is 11.9 Å². The molecule has 1 aromatic carbocycles. The van der Waals surface area contributed by atoms with Gasteiger partial charge in [-0.25, -0.2) is 4.79 Å². The van der Waals surface area contributed by atoms with E-state index >= 15 is 0 Å². The van der Waals surface area contributed by atoms with Crippen LogP contribution in [0.15, 0.2) is 12.1 Å². The Morgan fingerprint density at radius 2 is 1.94 bits per heavy atom. The molecule has 0 aromatic heterocycles. The highest BCUT2D eigenvalue weighted by atomic mass is 16.5. The van der Waals surface area contributed by atoms with E-state index in [9.17, 15) is 14.7 Å². The first-order valence-corrected chi connectivity index (χ1v) is 4.51. The number of carbonyl (C=O) groups is 2. The second-order valence-corrected chi connectivity index (χ2v) is 3.24. The van der Waals surface area contributed by atoms with Gasteiger partial charge < -0.3 is 25.8 Å². The summed E-state index contributed by atoms with van der Waals surface area (Å²) in [5.41, 5.74) is 4.89. The lowest BCUT2D eigenvalue weighted by Crippen LogP contribution is -2.21. The summed E-state index contributed by atoms with van der Waals surface area (Å²) in [7, 11) is 1.22. The molecule has 0 aliphatic rings. The van der Waals surface area contributed by atoms with Crippen LogP contribution in [0.4, 0.5) is 0 Å². The van der Waals surface area contributed by atoms with E-state index < -0.39 is 23.7 Å². The van der Waals surface area contributed by atoms with Crippen molar-refractivity contribution >= 4 is 11.9 Å². The van der Waals surface area contributed by atoms with Gasteiger partial charge in [0.05, 0.1) is 12.7 Å². The van der Waals surface area contributed by atoms with E-state index in [0.717, 1.165) is 12.1 Å². The zero-order valence-electron chi connectivity index (χ0n) is 8.88. The standard InChI is InChI=1S/C10H11NO6/c1-17-6-3-4(9(13)14)2-5(8(6)12)7(11)10(15)16/h2-3,7,12H,11H2,1H3,(H,13,14)(H,15,16).